The molecule has 0 saturated carbocycles. The third-order valence-electron chi connectivity index (χ3n) is 9.32. The Hall–Kier alpha value is -4.35. The van der Waals surface area contributed by atoms with Crippen LogP contribution in [0.3, 0.4) is 0 Å². The Kier molecular flexibility index (Phi) is 4.62. The molecule has 2 nitrogen and oxygen atoms in total. The van der Waals surface area contributed by atoms with Gasteiger partial charge in [0.25, 0.3) is 0 Å². The molecule has 0 fully saturated rings. The Bertz CT molecular complexity index is 2030. The first-order chi connectivity index (χ1) is 19.2. The van der Waals surface area contributed by atoms with E-state index >= 15 is 0 Å². The van der Waals surface area contributed by atoms with Gasteiger partial charge in [-0.2, -0.15) is 0 Å². The van der Waals surface area contributed by atoms with Gasteiger partial charge in [0.15, 0.2) is 0 Å². The standard InChI is InChI=1S/C38H32N2/c1-37(2,3)27-18-24-8-9-26-21-32-36(30-13-11-25(19-27)34(24)35(26)30)29-12-10-23(20-31(29)38(32,4)5)33-22-28(14-15-39-33)40-16-6-7-17-40/h6-8,10,12,14-22,26H,9H2,1-5H3. The largest absolute Gasteiger partial charge is 0.324 e. The molecule has 3 aliphatic rings. The molecule has 0 saturated heterocycles. The second kappa shape index (κ2) is 7.86. The number of aromatic nitrogens is 2. The molecule has 2 heterocycles. The molecule has 8 rings (SSSR count). The van der Waals surface area contributed by atoms with Crippen molar-refractivity contribution in [2.24, 2.45) is 0 Å². The van der Waals surface area contributed by atoms with Crippen LogP contribution in [0.15, 0.2) is 84.8 Å². The summed E-state index contributed by atoms with van der Waals surface area (Å²) >= 11 is 0. The molecule has 5 aromatic rings. The van der Waals surface area contributed by atoms with E-state index in [9.17, 15) is 0 Å². The SMILES string of the molecule is CC(C)(C)c1cc2c3c4c(c#cc3c1)=C1C(=CC4CC=2)C(C)(C)c2cc(-c3cc(-n4cccc4)ccn3)ccc21. The van der Waals surface area contributed by atoms with Crippen molar-refractivity contribution in [3.8, 4) is 16.9 Å². The first-order valence-corrected chi connectivity index (χ1v) is 14.3. The lowest BCUT2D eigenvalue weighted by Crippen LogP contribution is -2.28. The predicted molar refractivity (Wildman–Crippen MR) is 164 cm³/mol. The second-order valence-electron chi connectivity index (χ2n) is 13.2. The van der Waals surface area contributed by atoms with Gasteiger partial charge in [0.05, 0.1) is 5.69 Å². The normalized spacial score (nSPS) is 18.1. The van der Waals surface area contributed by atoms with Crippen LogP contribution >= 0.6 is 0 Å². The van der Waals surface area contributed by atoms with Crippen LogP contribution in [0.1, 0.15) is 69.2 Å². The molecule has 1 atom stereocenters. The van der Waals surface area contributed by atoms with Crippen molar-refractivity contribution >= 4 is 22.4 Å². The number of nitrogens with zero attached hydrogens (tertiary/aromatic N) is 2. The quantitative estimate of drug-likeness (QED) is 0.241. The van der Waals surface area contributed by atoms with E-state index in [4.69, 9.17) is 4.98 Å². The van der Waals surface area contributed by atoms with Crippen LogP contribution in [0.2, 0.25) is 0 Å². The van der Waals surface area contributed by atoms with Gasteiger partial charge < -0.3 is 4.57 Å². The topological polar surface area (TPSA) is 17.8 Å². The van der Waals surface area contributed by atoms with E-state index in [0.717, 1.165) is 23.4 Å². The Morgan fingerprint density at radius 3 is 2.60 bits per heavy atom. The van der Waals surface area contributed by atoms with Crippen molar-refractivity contribution < 1.29 is 0 Å². The molecule has 2 aromatic heterocycles. The fourth-order valence-electron chi connectivity index (χ4n) is 7.12. The Morgan fingerprint density at radius 2 is 1.80 bits per heavy atom. The van der Waals surface area contributed by atoms with Crippen LogP contribution in [0.4, 0.5) is 0 Å². The minimum atomic E-state index is -0.102. The first kappa shape index (κ1) is 23.5. The number of allylic oxidation sites excluding steroid dienone is 2. The van der Waals surface area contributed by atoms with Crippen molar-refractivity contribution in [3.05, 3.63) is 130 Å². The van der Waals surface area contributed by atoms with E-state index in [2.05, 4.69) is 130 Å². The molecule has 2 heteroatoms. The van der Waals surface area contributed by atoms with Gasteiger partial charge in [-0.05, 0) is 81.3 Å². The highest BCUT2D eigenvalue weighted by atomic mass is 14.9. The highest BCUT2D eigenvalue weighted by molar-refractivity contribution is 5.96. The molecule has 0 radical (unpaired) electrons. The Labute approximate surface area is 236 Å². The van der Waals surface area contributed by atoms with Gasteiger partial charge in [-0.3, -0.25) is 4.98 Å². The van der Waals surface area contributed by atoms with E-state index in [0.29, 0.717) is 5.92 Å². The molecule has 0 bridgehead atoms. The molecule has 0 amide bonds. The van der Waals surface area contributed by atoms with E-state index in [-0.39, 0.29) is 10.8 Å². The van der Waals surface area contributed by atoms with Gasteiger partial charge in [-0.25, -0.2) is 0 Å². The zero-order valence-corrected chi connectivity index (χ0v) is 23.8. The average Bonchev–Trinajstić information content (AvgIpc) is 3.56. The maximum absolute atomic E-state index is 4.76. The van der Waals surface area contributed by atoms with Gasteiger partial charge in [-0.15, -0.1) is 0 Å². The number of hydrogen-bond donors (Lipinski definition) is 0. The molecule has 3 aromatic carbocycles. The lowest BCUT2D eigenvalue weighted by atomic mass is 9.73. The van der Waals surface area contributed by atoms with Crippen molar-refractivity contribution in [1.82, 2.24) is 9.55 Å². The number of benzene rings is 2. The maximum atomic E-state index is 4.76. The van der Waals surface area contributed by atoms with E-state index in [1.807, 2.05) is 6.20 Å². The fourth-order valence-corrected chi connectivity index (χ4v) is 7.12. The minimum absolute atomic E-state index is 0.101. The lowest BCUT2D eigenvalue weighted by Gasteiger charge is -2.29. The monoisotopic (exact) mass is 516 g/mol. The summed E-state index contributed by atoms with van der Waals surface area (Å²) in [6, 6.07) is 27.3. The summed E-state index contributed by atoms with van der Waals surface area (Å²) in [5.74, 6) is 0.378. The molecular formula is C38H32N2. The molecule has 3 aliphatic carbocycles. The van der Waals surface area contributed by atoms with Gasteiger partial charge in [-0.1, -0.05) is 77.1 Å². The summed E-state index contributed by atoms with van der Waals surface area (Å²) < 4.78 is 2.13. The van der Waals surface area contributed by atoms with Crippen LogP contribution in [-0.2, 0) is 10.8 Å². The summed E-state index contributed by atoms with van der Waals surface area (Å²) in [6.07, 6.45) is 12.1. The van der Waals surface area contributed by atoms with E-state index < -0.39 is 0 Å². The number of hydrogen-bond acceptors (Lipinski definition) is 1. The van der Waals surface area contributed by atoms with Gasteiger partial charge in [0, 0.05) is 62.7 Å². The number of rotatable bonds is 2. The molecule has 0 aliphatic heterocycles. The highest BCUT2D eigenvalue weighted by Gasteiger charge is 2.42. The summed E-state index contributed by atoms with van der Waals surface area (Å²) in [7, 11) is 0. The zero-order valence-electron chi connectivity index (χ0n) is 23.8. The smallest absolute Gasteiger partial charge is 0.0722 e. The molecular weight excluding hydrogens is 484 g/mol. The minimum Gasteiger partial charge on any atom is -0.324 e. The first-order valence-electron chi connectivity index (χ1n) is 14.3. The van der Waals surface area contributed by atoms with Gasteiger partial charge >= 0.3 is 0 Å². The predicted octanol–water partition coefficient (Wildman–Crippen LogP) is 7.29. The summed E-state index contributed by atoms with van der Waals surface area (Å²) in [5, 5.41) is 5.18. The second-order valence-corrected chi connectivity index (χ2v) is 13.2. The van der Waals surface area contributed by atoms with E-state index in [1.165, 1.54) is 54.6 Å². The molecule has 0 N–H and O–H groups in total. The lowest BCUT2D eigenvalue weighted by molar-refractivity contribution is 0.590. The number of fused-ring (bicyclic) bond motifs is 3. The number of pyridine rings is 1. The van der Waals surface area contributed by atoms with Crippen molar-refractivity contribution in [3.63, 3.8) is 0 Å². The average molecular weight is 517 g/mol. The van der Waals surface area contributed by atoms with Gasteiger partial charge in [0.1, 0.15) is 0 Å². The van der Waals surface area contributed by atoms with Crippen LogP contribution < -0.4 is 10.4 Å². The van der Waals surface area contributed by atoms with Crippen molar-refractivity contribution in [2.75, 3.05) is 0 Å². The summed E-state index contributed by atoms with van der Waals surface area (Å²) in [6.45, 7) is 11.6. The van der Waals surface area contributed by atoms with Crippen LogP contribution in [-0.4, -0.2) is 9.55 Å². The third-order valence-corrected chi connectivity index (χ3v) is 9.32. The fraction of sp³-hybridized carbons (Fsp3) is 0.237. The van der Waals surface area contributed by atoms with E-state index in [1.54, 1.807) is 0 Å². The maximum Gasteiger partial charge on any atom is 0.0722 e. The molecule has 0 spiro atoms. The highest BCUT2D eigenvalue weighted by Crippen LogP contribution is 2.52. The molecule has 1 unspecified atom stereocenters. The van der Waals surface area contributed by atoms with Gasteiger partial charge in [0.2, 0.25) is 0 Å². The summed E-state index contributed by atoms with van der Waals surface area (Å²) in [5.41, 5.74) is 11.5. The summed E-state index contributed by atoms with van der Waals surface area (Å²) in [4.78, 5) is 4.76. The van der Waals surface area contributed by atoms with Crippen molar-refractivity contribution in [2.45, 2.75) is 57.8 Å². The third kappa shape index (κ3) is 3.21. The Balaban J connectivity index is 1.35. The molecule has 40 heavy (non-hydrogen) atoms. The Morgan fingerprint density at radius 1 is 0.975 bits per heavy atom. The van der Waals surface area contributed by atoms with Crippen LogP contribution in [0, 0.1) is 12.1 Å². The van der Waals surface area contributed by atoms with Crippen LogP contribution in [0.25, 0.3) is 39.4 Å². The zero-order chi connectivity index (χ0) is 27.4. The van der Waals surface area contributed by atoms with Crippen LogP contribution in [0.5, 0.6) is 0 Å². The molecule has 194 valence electrons. The van der Waals surface area contributed by atoms with Crippen molar-refractivity contribution in [1.29, 1.82) is 0 Å².